The first-order valence-corrected chi connectivity index (χ1v) is 8.28. The number of hydrogen-bond donors (Lipinski definition) is 1. The lowest BCUT2D eigenvalue weighted by atomic mass is 10.0. The Hall–Kier alpha value is -3.15. The summed E-state index contributed by atoms with van der Waals surface area (Å²) in [5.74, 6) is -0.440. The molecular weight excluding hydrogens is 334 g/mol. The lowest BCUT2D eigenvalue weighted by Gasteiger charge is -2.11. The average molecular weight is 355 g/mol. The van der Waals surface area contributed by atoms with Gasteiger partial charge in [0.25, 0.3) is 0 Å². The topological polar surface area (TPSA) is 81.7 Å². The zero-order valence-electron chi connectivity index (χ0n) is 14.8. The van der Waals surface area contributed by atoms with Crippen molar-refractivity contribution in [2.75, 3.05) is 19.0 Å². The molecule has 0 radical (unpaired) electrons. The van der Waals surface area contributed by atoms with Gasteiger partial charge < -0.3 is 14.8 Å². The number of nitrogens with one attached hydrogen (secondary N) is 1. The molecule has 0 saturated carbocycles. The lowest BCUT2D eigenvalue weighted by molar-refractivity contribution is -0.144. The Labute approximate surface area is 152 Å². The molecule has 2 rings (SSSR count). The summed E-state index contributed by atoms with van der Waals surface area (Å²) in [6.07, 6.45) is -0.0216. The Morgan fingerprint density at radius 2 is 1.77 bits per heavy atom. The van der Waals surface area contributed by atoms with Crippen LogP contribution in [0.25, 0.3) is 0 Å². The molecule has 136 valence electrons. The minimum atomic E-state index is -0.427. The molecule has 0 heterocycles. The molecule has 1 N–H and O–H groups in total. The van der Waals surface area contributed by atoms with Crippen molar-refractivity contribution in [1.29, 1.82) is 0 Å². The summed E-state index contributed by atoms with van der Waals surface area (Å²) >= 11 is 0. The van der Waals surface area contributed by atoms with E-state index < -0.39 is 5.97 Å². The van der Waals surface area contributed by atoms with Crippen LogP contribution in [0.3, 0.4) is 0 Å². The first-order valence-electron chi connectivity index (χ1n) is 8.28. The molecule has 0 fully saturated rings. The van der Waals surface area contributed by atoms with Crippen molar-refractivity contribution in [2.45, 2.75) is 19.8 Å². The molecule has 0 aliphatic rings. The van der Waals surface area contributed by atoms with Crippen LogP contribution >= 0.6 is 0 Å². The van der Waals surface area contributed by atoms with Gasteiger partial charge in [-0.05, 0) is 31.2 Å². The molecule has 2 aromatic carbocycles. The third-order valence-electron chi connectivity index (χ3n) is 3.64. The highest BCUT2D eigenvalue weighted by Crippen LogP contribution is 2.22. The number of benzene rings is 2. The fourth-order valence-electron chi connectivity index (χ4n) is 2.37. The van der Waals surface area contributed by atoms with Gasteiger partial charge in [-0.1, -0.05) is 24.3 Å². The van der Waals surface area contributed by atoms with Gasteiger partial charge in [-0.25, -0.2) is 0 Å². The van der Waals surface area contributed by atoms with Gasteiger partial charge in [0, 0.05) is 17.5 Å². The number of esters is 1. The quantitative estimate of drug-likeness (QED) is 0.581. The second-order valence-corrected chi connectivity index (χ2v) is 5.46. The van der Waals surface area contributed by atoms with Crippen LogP contribution in [0.1, 0.15) is 35.7 Å². The molecule has 0 aromatic heterocycles. The fourth-order valence-corrected chi connectivity index (χ4v) is 2.37. The SMILES string of the molecule is CCOC(=O)CCC(=O)Nc1ccccc1C(=O)c1cccc(OC)c1. The predicted molar refractivity (Wildman–Crippen MR) is 97.4 cm³/mol. The zero-order chi connectivity index (χ0) is 18.9. The highest BCUT2D eigenvalue weighted by Gasteiger charge is 2.16. The number of carbonyl (C=O) groups excluding carboxylic acids is 3. The number of ketones is 1. The normalized spacial score (nSPS) is 10.1. The lowest BCUT2D eigenvalue weighted by Crippen LogP contribution is -2.16. The molecule has 0 unspecified atom stereocenters. The Morgan fingerprint density at radius 3 is 2.50 bits per heavy atom. The van der Waals surface area contributed by atoms with Crippen molar-refractivity contribution < 1.29 is 23.9 Å². The van der Waals surface area contributed by atoms with E-state index in [-0.39, 0.29) is 31.1 Å². The van der Waals surface area contributed by atoms with E-state index in [9.17, 15) is 14.4 Å². The van der Waals surface area contributed by atoms with E-state index in [0.29, 0.717) is 22.6 Å². The summed E-state index contributed by atoms with van der Waals surface area (Å²) in [6.45, 7) is 1.98. The molecule has 0 saturated heterocycles. The van der Waals surface area contributed by atoms with E-state index in [1.807, 2.05) is 0 Å². The summed E-state index contributed by atoms with van der Waals surface area (Å²) in [7, 11) is 1.53. The van der Waals surface area contributed by atoms with Crippen molar-refractivity contribution in [3.05, 3.63) is 59.7 Å². The second kappa shape index (κ2) is 9.36. The first kappa shape index (κ1) is 19.2. The van der Waals surface area contributed by atoms with Crippen LogP contribution in [0, 0.1) is 0 Å². The molecule has 0 aliphatic heterocycles. The van der Waals surface area contributed by atoms with Gasteiger partial charge in [-0.3, -0.25) is 14.4 Å². The molecule has 0 atom stereocenters. The van der Waals surface area contributed by atoms with E-state index in [1.165, 1.54) is 7.11 Å². The maximum atomic E-state index is 12.8. The van der Waals surface area contributed by atoms with Crippen molar-refractivity contribution in [3.63, 3.8) is 0 Å². The number of amides is 1. The van der Waals surface area contributed by atoms with Crippen molar-refractivity contribution in [3.8, 4) is 5.75 Å². The summed E-state index contributed by atoms with van der Waals surface area (Å²) in [5.41, 5.74) is 1.22. The van der Waals surface area contributed by atoms with Crippen molar-refractivity contribution in [1.82, 2.24) is 0 Å². The maximum Gasteiger partial charge on any atom is 0.306 e. The van der Waals surface area contributed by atoms with Gasteiger partial charge in [-0.15, -0.1) is 0 Å². The highest BCUT2D eigenvalue weighted by atomic mass is 16.5. The molecule has 1 amide bonds. The van der Waals surface area contributed by atoms with Gasteiger partial charge in [0.2, 0.25) is 5.91 Å². The standard InChI is InChI=1S/C20H21NO5/c1-3-26-19(23)12-11-18(22)21-17-10-5-4-9-16(17)20(24)14-7-6-8-15(13-14)25-2/h4-10,13H,3,11-12H2,1-2H3,(H,21,22). The van der Waals surface area contributed by atoms with E-state index in [4.69, 9.17) is 9.47 Å². The molecule has 0 bridgehead atoms. The number of ether oxygens (including phenoxy) is 2. The Morgan fingerprint density at radius 1 is 1.00 bits per heavy atom. The van der Waals surface area contributed by atoms with E-state index in [2.05, 4.69) is 5.32 Å². The molecule has 0 spiro atoms. The van der Waals surface area contributed by atoms with Crippen LogP contribution in [-0.4, -0.2) is 31.4 Å². The van der Waals surface area contributed by atoms with Crippen LogP contribution in [0.15, 0.2) is 48.5 Å². The molecule has 2 aromatic rings. The first-order chi connectivity index (χ1) is 12.5. The monoisotopic (exact) mass is 355 g/mol. The Bertz CT molecular complexity index is 800. The zero-order valence-corrected chi connectivity index (χ0v) is 14.8. The van der Waals surface area contributed by atoms with Crippen molar-refractivity contribution in [2.24, 2.45) is 0 Å². The van der Waals surface area contributed by atoms with Crippen LogP contribution in [0.2, 0.25) is 0 Å². The second-order valence-electron chi connectivity index (χ2n) is 5.46. The van der Waals surface area contributed by atoms with Crippen LogP contribution in [0.5, 0.6) is 5.75 Å². The molecule has 26 heavy (non-hydrogen) atoms. The van der Waals surface area contributed by atoms with Crippen LogP contribution in [0.4, 0.5) is 5.69 Å². The number of methoxy groups -OCH3 is 1. The fraction of sp³-hybridized carbons (Fsp3) is 0.250. The number of carbonyl (C=O) groups is 3. The van der Waals surface area contributed by atoms with E-state index in [1.54, 1.807) is 55.5 Å². The largest absolute Gasteiger partial charge is 0.497 e. The van der Waals surface area contributed by atoms with Crippen LogP contribution < -0.4 is 10.1 Å². The number of rotatable bonds is 8. The average Bonchev–Trinajstić information content (AvgIpc) is 2.66. The van der Waals surface area contributed by atoms with Gasteiger partial charge >= 0.3 is 5.97 Å². The summed E-state index contributed by atoms with van der Waals surface area (Å²) in [4.78, 5) is 36.2. The maximum absolute atomic E-state index is 12.8. The third kappa shape index (κ3) is 5.17. The summed E-state index contributed by atoms with van der Waals surface area (Å²) in [5, 5.41) is 2.69. The minimum Gasteiger partial charge on any atom is -0.497 e. The van der Waals surface area contributed by atoms with Gasteiger partial charge in [-0.2, -0.15) is 0 Å². The van der Waals surface area contributed by atoms with Gasteiger partial charge in [0.15, 0.2) is 5.78 Å². The molecular formula is C20H21NO5. The smallest absolute Gasteiger partial charge is 0.306 e. The number of hydrogen-bond acceptors (Lipinski definition) is 5. The molecule has 6 nitrogen and oxygen atoms in total. The Kier molecular flexibility index (Phi) is 6.91. The molecule has 6 heteroatoms. The van der Waals surface area contributed by atoms with Gasteiger partial charge in [0.1, 0.15) is 5.75 Å². The third-order valence-corrected chi connectivity index (χ3v) is 3.64. The predicted octanol–water partition coefficient (Wildman–Crippen LogP) is 3.21. The Balaban J connectivity index is 2.13. The highest BCUT2D eigenvalue weighted by molar-refractivity contribution is 6.14. The van der Waals surface area contributed by atoms with Crippen molar-refractivity contribution >= 4 is 23.3 Å². The molecule has 0 aliphatic carbocycles. The number of anilines is 1. The van der Waals surface area contributed by atoms with Crippen LogP contribution in [-0.2, 0) is 14.3 Å². The van der Waals surface area contributed by atoms with Gasteiger partial charge in [0.05, 0.1) is 25.8 Å². The van der Waals surface area contributed by atoms with E-state index >= 15 is 0 Å². The summed E-state index contributed by atoms with van der Waals surface area (Å²) < 4.78 is 9.94. The number of para-hydroxylation sites is 1. The van der Waals surface area contributed by atoms with E-state index in [0.717, 1.165) is 0 Å². The summed E-state index contributed by atoms with van der Waals surface area (Å²) in [6, 6.07) is 13.5. The minimum absolute atomic E-state index is 0.00826.